The van der Waals surface area contributed by atoms with Crippen LogP contribution in [0.5, 0.6) is 0 Å². The highest BCUT2D eigenvalue weighted by Crippen LogP contribution is 2.21. The number of ether oxygens (including phenoxy) is 1. The molecule has 0 bridgehead atoms. The van der Waals surface area contributed by atoms with Crippen LogP contribution in [0.4, 0.5) is 4.39 Å². The zero-order valence-electron chi connectivity index (χ0n) is 8.41. The highest BCUT2D eigenvalue weighted by atomic mass is 19.1. The van der Waals surface area contributed by atoms with Crippen LogP contribution in [-0.4, -0.2) is 43.3 Å². The Balaban J connectivity index is 2.53. The van der Waals surface area contributed by atoms with E-state index in [1.54, 1.807) is 6.08 Å². The van der Waals surface area contributed by atoms with Gasteiger partial charge in [-0.05, 0) is 6.42 Å². The van der Waals surface area contributed by atoms with Gasteiger partial charge < -0.3 is 4.74 Å². The topological polar surface area (TPSA) is 29.5 Å². The van der Waals surface area contributed by atoms with E-state index in [4.69, 9.17) is 0 Å². The summed E-state index contributed by atoms with van der Waals surface area (Å²) in [6.07, 6.45) is 1.87. The van der Waals surface area contributed by atoms with Crippen LogP contribution in [0, 0.1) is 0 Å². The lowest BCUT2D eigenvalue weighted by molar-refractivity contribution is -0.145. The van der Waals surface area contributed by atoms with Crippen LogP contribution in [0.3, 0.4) is 0 Å². The minimum atomic E-state index is -0.913. The van der Waals surface area contributed by atoms with Crippen molar-refractivity contribution in [3.63, 3.8) is 0 Å². The van der Waals surface area contributed by atoms with Crippen molar-refractivity contribution in [3.8, 4) is 0 Å². The molecule has 1 rings (SSSR count). The molecule has 0 aromatic carbocycles. The summed E-state index contributed by atoms with van der Waals surface area (Å²) in [6.45, 7) is 4.59. The van der Waals surface area contributed by atoms with Crippen LogP contribution < -0.4 is 0 Å². The van der Waals surface area contributed by atoms with E-state index in [2.05, 4.69) is 11.3 Å². The Morgan fingerprint density at radius 2 is 2.50 bits per heavy atom. The Morgan fingerprint density at radius 1 is 1.79 bits per heavy atom. The number of halogens is 1. The maximum Gasteiger partial charge on any atom is 0.323 e. The van der Waals surface area contributed by atoms with E-state index in [1.165, 1.54) is 7.11 Å². The Morgan fingerprint density at radius 3 is 3.07 bits per heavy atom. The van der Waals surface area contributed by atoms with Crippen molar-refractivity contribution in [1.29, 1.82) is 0 Å². The Bertz CT molecular complexity index is 220. The minimum absolute atomic E-state index is 0.254. The fourth-order valence-corrected chi connectivity index (χ4v) is 1.73. The summed E-state index contributed by atoms with van der Waals surface area (Å²) in [5.74, 6) is -0.339. The predicted octanol–water partition coefficient (Wildman–Crippen LogP) is 1.15. The van der Waals surface area contributed by atoms with Crippen LogP contribution >= 0.6 is 0 Å². The van der Waals surface area contributed by atoms with Crippen molar-refractivity contribution >= 4 is 5.97 Å². The van der Waals surface area contributed by atoms with Crippen LogP contribution in [0.15, 0.2) is 12.7 Å². The van der Waals surface area contributed by atoms with Crippen molar-refractivity contribution in [2.24, 2.45) is 0 Å². The van der Waals surface area contributed by atoms with E-state index >= 15 is 0 Å². The van der Waals surface area contributed by atoms with Gasteiger partial charge in [0.05, 0.1) is 7.11 Å². The lowest BCUT2D eigenvalue weighted by Gasteiger charge is -2.20. The van der Waals surface area contributed by atoms with Crippen molar-refractivity contribution < 1.29 is 13.9 Å². The number of esters is 1. The Labute approximate surface area is 83.5 Å². The summed E-state index contributed by atoms with van der Waals surface area (Å²) in [5, 5.41) is 0. The Kier molecular flexibility index (Phi) is 4.07. The van der Waals surface area contributed by atoms with Gasteiger partial charge in [0, 0.05) is 19.5 Å². The van der Waals surface area contributed by atoms with Crippen molar-refractivity contribution in [2.45, 2.75) is 25.1 Å². The smallest absolute Gasteiger partial charge is 0.323 e. The highest BCUT2D eigenvalue weighted by molar-refractivity contribution is 5.76. The van der Waals surface area contributed by atoms with Gasteiger partial charge in [-0.1, -0.05) is 6.08 Å². The fraction of sp³-hybridized carbons (Fsp3) is 0.700. The molecule has 0 unspecified atom stereocenters. The van der Waals surface area contributed by atoms with Crippen LogP contribution in [0.25, 0.3) is 0 Å². The molecule has 0 radical (unpaired) electrons. The second-order valence-electron chi connectivity index (χ2n) is 3.44. The molecule has 80 valence electrons. The van der Waals surface area contributed by atoms with E-state index in [9.17, 15) is 9.18 Å². The summed E-state index contributed by atoms with van der Waals surface area (Å²) in [6, 6.07) is -0.407. The van der Waals surface area contributed by atoms with Gasteiger partial charge in [0.15, 0.2) is 0 Å². The number of carbonyl (C=O) groups is 1. The number of rotatable bonds is 4. The summed E-state index contributed by atoms with van der Waals surface area (Å²) in [7, 11) is 1.33. The van der Waals surface area contributed by atoms with Crippen LogP contribution in [-0.2, 0) is 9.53 Å². The van der Waals surface area contributed by atoms with Crippen molar-refractivity contribution in [2.75, 3.05) is 20.2 Å². The number of nitrogens with zero attached hydrogens (tertiary/aromatic N) is 1. The van der Waals surface area contributed by atoms with Gasteiger partial charge in [0.1, 0.15) is 12.2 Å². The van der Waals surface area contributed by atoms with Gasteiger partial charge >= 0.3 is 5.97 Å². The molecular formula is C10H16FNO2. The third-order valence-electron chi connectivity index (χ3n) is 2.45. The molecule has 1 aliphatic rings. The molecular weight excluding hydrogens is 185 g/mol. The van der Waals surface area contributed by atoms with Gasteiger partial charge in [0.25, 0.3) is 0 Å². The first-order valence-electron chi connectivity index (χ1n) is 4.76. The molecule has 0 aromatic rings. The van der Waals surface area contributed by atoms with Gasteiger partial charge in [-0.25, -0.2) is 4.39 Å². The summed E-state index contributed by atoms with van der Waals surface area (Å²) in [4.78, 5) is 13.1. The monoisotopic (exact) mass is 201 g/mol. The van der Waals surface area contributed by atoms with Crippen LogP contribution in [0.1, 0.15) is 12.8 Å². The zero-order chi connectivity index (χ0) is 10.6. The first-order chi connectivity index (χ1) is 6.69. The van der Waals surface area contributed by atoms with Gasteiger partial charge in [-0.3, -0.25) is 9.69 Å². The molecule has 1 fully saturated rings. The summed E-state index contributed by atoms with van der Waals surface area (Å²) < 4.78 is 17.7. The average molecular weight is 201 g/mol. The fourth-order valence-electron chi connectivity index (χ4n) is 1.73. The van der Waals surface area contributed by atoms with E-state index in [-0.39, 0.29) is 12.4 Å². The maximum absolute atomic E-state index is 13.1. The number of alkyl halides is 1. The normalized spacial score (nSPS) is 27.6. The SMILES string of the molecule is C=CCCN1C[C@@H](F)C[C@H]1C(=O)OC. The van der Waals surface area contributed by atoms with E-state index < -0.39 is 12.2 Å². The molecule has 2 atom stereocenters. The summed E-state index contributed by atoms with van der Waals surface area (Å²) >= 11 is 0. The zero-order valence-corrected chi connectivity index (χ0v) is 8.41. The van der Waals surface area contributed by atoms with Crippen LogP contribution in [0.2, 0.25) is 0 Å². The molecule has 0 spiro atoms. The maximum atomic E-state index is 13.1. The van der Waals surface area contributed by atoms with E-state index in [0.717, 1.165) is 6.42 Å². The molecule has 1 heterocycles. The highest BCUT2D eigenvalue weighted by Gasteiger charge is 2.36. The summed E-state index contributed by atoms with van der Waals surface area (Å²) in [5.41, 5.74) is 0. The van der Waals surface area contributed by atoms with Gasteiger partial charge in [-0.2, -0.15) is 0 Å². The number of carbonyl (C=O) groups excluding carboxylic acids is 1. The van der Waals surface area contributed by atoms with E-state index in [0.29, 0.717) is 13.1 Å². The molecule has 4 heteroatoms. The molecule has 0 saturated carbocycles. The first-order valence-corrected chi connectivity index (χ1v) is 4.76. The molecule has 1 aliphatic heterocycles. The molecule has 1 saturated heterocycles. The first kappa shape index (κ1) is 11.2. The van der Waals surface area contributed by atoms with Gasteiger partial charge in [0.2, 0.25) is 0 Å². The number of hydrogen-bond donors (Lipinski definition) is 0. The molecule has 0 N–H and O–H groups in total. The molecule has 0 aromatic heterocycles. The quantitative estimate of drug-likeness (QED) is 0.504. The number of likely N-dealkylation sites (tertiary alicyclic amines) is 1. The minimum Gasteiger partial charge on any atom is -0.468 e. The second-order valence-corrected chi connectivity index (χ2v) is 3.44. The molecule has 0 amide bonds. The number of hydrogen-bond acceptors (Lipinski definition) is 3. The largest absolute Gasteiger partial charge is 0.468 e. The van der Waals surface area contributed by atoms with Crippen molar-refractivity contribution in [1.82, 2.24) is 4.90 Å². The lowest BCUT2D eigenvalue weighted by Crippen LogP contribution is -2.37. The standard InChI is InChI=1S/C10H16FNO2/c1-3-4-5-12-7-8(11)6-9(12)10(13)14-2/h3,8-9H,1,4-7H2,2H3/t8-,9-/m0/s1. The Hall–Kier alpha value is -0.900. The average Bonchev–Trinajstić information content (AvgIpc) is 2.55. The van der Waals surface area contributed by atoms with Crippen molar-refractivity contribution in [3.05, 3.63) is 12.7 Å². The number of methoxy groups -OCH3 is 1. The predicted molar refractivity (Wildman–Crippen MR) is 51.7 cm³/mol. The third kappa shape index (κ3) is 2.54. The van der Waals surface area contributed by atoms with E-state index in [1.807, 2.05) is 4.90 Å². The third-order valence-corrected chi connectivity index (χ3v) is 2.45. The lowest BCUT2D eigenvalue weighted by atomic mass is 10.2. The molecule has 14 heavy (non-hydrogen) atoms. The molecule has 0 aliphatic carbocycles. The molecule has 3 nitrogen and oxygen atoms in total. The van der Waals surface area contributed by atoms with Gasteiger partial charge in [-0.15, -0.1) is 6.58 Å². The second kappa shape index (κ2) is 5.10.